The molecular weight excluding hydrogens is 157 g/mol. The molecule has 56 valence electrons. The van der Waals surface area contributed by atoms with Crippen LogP contribution in [0, 0.1) is 28.9 Å². The number of hydrogen-bond acceptors (Lipinski definition) is 2. The van der Waals surface area contributed by atoms with Crippen LogP contribution in [-0.2, 0) is 0 Å². The number of rotatable bonds is 0. The fourth-order valence-electron chi connectivity index (χ4n) is 0.545. The van der Waals surface area contributed by atoms with Crippen molar-refractivity contribution in [1.82, 2.24) is 4.98 Å². The molecule has 0 radical (unpaired) electrons. The summed E-state index contributed by atoms with van der Waals surface area (Å²) in [7, 11) is 0. The van der Waals surface area contributed by atoms with Gasteiger partial charge in [-0.15, -0.1) is 0 Å². The summed E-state index contributed by atoms with van der Waals surface area (Å²) < 4.78 is 36.8. The second-order valence-corrected chi connectivity index (χ2v) is 1.70. The van der Waals surface area contributed by atoms with Crippen molar-refractivity contribution in [3.63, 3.8) is 0 Å². The Bertz CT molecular complexity index is 329. The highest BCUT2D eigenvalue weighted by atomic mass is 19.2. The Morgan fingerprint density at radius 1 is 1.36 bits per heavy atom. The molecule has 0 atom stereocenters. The molecule has 1 aromatic rings. The van der Waals surface area contributed by atoms with Crippen LogP contribution >= 0.6 is 0 Å². The fraction of sp³-hybridized carbons (Fsp3) is 0. The van der Waals surface area contributed by atoms with Gasteiger partial charge in [0.2, 0.25) is 5.95 Å². The van der Waals surface area contributed by atoms with E-state index in [1.807, 2.05) is 0 Å². The normalized spacial score (nSPS) is 9.27. The third-order valence-electron chi connectivity index (χ3n) is 1.04. The number of halogens is 3. The number of pyridine rings is 1. The van der Waals surface area contributed by atoms with Crippen LogP contribution in [0.3, 0.4) is 0 Å². The Labute approximate surface area is 59.9 Å². The molecule has 5 heteroatoms. The van der Waals surface area contributed by atoms with E-state index in [0.29, 0.717) is 6.20 Å². The van der Waals surface area contributed by atoms with Gasteiger partial charge in [0.25, 0.3) is 0 Å². The van der Waals surface area contributed by atoms with Crippen molar-refractivity contribution in [2.24, 2.45) is 0 Å². The fourth-order valence-corrected chi connectivity index (χ4v) is 0.545. The molecule has 0 spiro atoms. The zero-order valence-electron chi connectivity index (χ0n) is 5.11. The maximum atomic E-state index is 12.4. The molecule has 2 nitrogen and oxygen atoms in total. The standard InChI is InChI=1S/C6HF3N2/c7-4-2-11-6(9)5(8)3(4)1-10/h2H. The zero-order valence-corrected chi connectivity index (χ0v) is 5.11. The highest BCUT2D eigenvalue weighted by molar-refractivity contribution is 5.29. The lowest BCUT2D eigenvalue weighted by molar-refractivity contribution is 0.461. The predicted molar refractivity (Wildman–Crippen MR) is 28.8 cm³/mol. The second kappa shape index (κ2) is 2.58. The van der Waals surface area contributed by atoms with Gasteiger partial charge in [-0.1, -0.05) is 0 Å². The van der Waals surface area contributed by atoms with Gasteiger partial charge < -0.3 is 0 Å². The van der Waals surface area contributed by atoms with Crippen LogP contribution in [-0.4, -0.2) is 4.98 Å². The third kappa shape index (κ3) is 1.15. The van der Waals surface area contributed by atoms with Crippen LogP contribution in [0.5, 0.6) is 0 Å². The summed E-state index contributed by atoms with van der Waals surface area (Å²) in [6.07, 6.45) is 0.455. The zero-order chi connectivity index (χ0) is 8.43. The molecule has 0 aliphatic carbocycles. The molecule has 1 heterocycles. The Hall–Kier alpha value is -1.57. The molecule has 11 heavy (non-hydrogen) atoms. The van der Waals surface area contributed by atoms with E-state index in [1.54, 1.807) is 0 Å². The van der Waals surface area contributed by atoms with Gasteiger partial charge in [0.1, 0.15) is 11.6 Å². The van der Waals surface area contributed by atoms with Gasteiger partial charge >= 0.3 is 0 Å². The van der Waals surface area contributed by atoms with E-state index in [-0.39, 0.29) is 0 Å². The topological polar surface area (TPSA) is 36.7 Å². The number of nitriles is 1. The van der Waals surface area contributed by atoms with Gasteiger partial charge in [0.15, 0.2) is 11.6 Å². The van der Waals surface area contributed by atoms with E-state index in [2.05, 4.69) is 4.98 Å². The maximum Gasteiger partial charge on any atom is 0.250 e. The highest BCUT2D eigenvalue weighted by Crippen LogP contribution is 2.11. The van der Waals surface area contributed by atoms with E-state index < -0.39 is 23.1 Å². The lowest BCUT2D eigenvalue weighted by Crippen LogP contribution is -1.97. The minimum Gasteiger partial charge on any atom is -0.223 e. The Morgan fingerprint density at radius 2 is 2.00 bits per heavy atom. The highest BCUT2D eigenvalue weighted by Gasteiger charge is 2.13. The molecule has 0 aliphatic heterocycles. The Morgan fingerprint density at radius 3 is 2.45 bits per heavy atom. The van der Waals surface area contributed by atoms with Crippen molar-refractivity contribution in [2.75, 3.05) is 0 Å². The third-order valence-corrected chi connectivity index (χ3v) is 1.04. The Kier molecular flexibility index (Phi) is 1.77. The summed E-state index contributed by atoms with van der Waals surface area (Å²) in [5.74, 6) is -4.18. The summed E-state index contributed by atoms with van der Waals surface area (Å²) in [6, 6.07) is 1.17. The average Bonchev–Trinajstić information content (AvgIpc) is 1.99. The van der Waals surface area contributed by atoms with Gasteiger partial charge in [-0.25, -0.2) is 13.8 Å². The van der Waals surface area contributed by atoms with Crippen molar-refractivity contribution < 1.29 is 13.2 Å². The van der Waals surface area contributed by atoms with Crippen LogP contribution in [0.2, 0.25) is 0 Å². The minimum atomic E-state index is -1.55. The molecular formula is C6HF3N2. The summed E-state index contributed by atoms with van der Waals surface area (Å²) >= 11 is 0. The molecule has 0 unspecified atom stereocenters. The average molecular weight is 158 g/mol. The van der Waals surface area contributed by atoms with E-state index in [1.165, 1.54) is 6.07 Å². The number of nitrogens with zero attached hydrogens (tertiary/aromatic N) is 2. The minimum absolute atomic E-state index is 0.455. The first kappa shape index (κ1) is 7.54. The number of hydrogen-bond donors (Lipinski definition) is 0. The van der Waals surface area contributed by atoms with E-state index in [0.717, 1.165) is 0 Å². The van der Waals surface area contributed by atoms with Crippen molar-refractivity contribution in [3.8, 4) is 6.07 Å². The van der Waals surface area contributed by atoms with Crippen LogP contribution in [0.25, 0.3) is 0 Å². The largest absolute Gasteiger partial charge is 0.250 e. The summed E-state index contributed by atoms with van der Waals surface area (Å²) in [5, 5.41) is 8.10. The molecule has 0 aliphatic rings. The quantitative estimate of drug-likeness (QED) is 0.534. The molecule has 0 fully saturated rings. The lowest BCUT2D eigenvalue weighted by atomic mass is 10.3. The molecule has 0 aromatic carbocycles. The van der Waals surface area contributed by atoms with Crippen LogP contribution in [0.1, 0.15) is 5.56 Å². The first-order valence-electron chi connectivity index (χ1n) is 2.56. The Balaban J connectivity index is 3.44. The first-order chi connectivity index (χ1) is 5.16. The van der Waals surface area contributed by atoms with E-state index in [4.69, 9.17) is 5.26 Å². The monoisotopic (exact) mass is 158 g/mol. The van der Waals surface area contributed by atoms with Crippen molar-refractivity contribution in [2.45, 2.75) is 0 Å². The van der Waals surface area contributed by atoms with Crippen LogP contribution < -0.4 is 0 Å². The van der Waals surface area contributed by atoms with Crippen molar-refractivity contribution in [1.29, 1.82) is 5.26 Å². The predicted octanol–water partition coefficient (Wildman–Crippen LogP) is 1.37. The van der Waals surface area contributed by atoms with Crippen molar-refractivity contribution >= 4 is 0 Å². The van der Waals surface area contributed by atoms with Gasteiger partial charge in [-0.2, -0.15) is 9.65 Å². The molecule has 0 saturated heterocycles. The molecule has 0 saturated carbocycles. The van der Waals surface area contributed by atoms with Gasteiger partial charge in [-0.3, -0.25) is 0 Å². The number of aromatic nitrogens is 1. The van der Waals surface area contributed by atoms with Gasteiger partial charge in [0.05, 0.1) is 6.20 Å². The van der Waals surface area contributed by atoms with Gasteiger partial charge in [-0.05, 0) is 0 Å². The molecule has 0 bridgehead atoms. The summed E-state index contributed by atoms with van der Waals surface area (Å²) in [6.45, 7) is 0. The molecule has 1 rings (SSSR count). The van der Waals surface area contributed by atoms with Gasteiger partial charge in [0, 0.05) is 0 Å². The van der Waals surface area contributed by atoms with E-state index >= 15 is 0 Å². The van der Waals surface area contributed by atoms with Crippen molar-refractivity contribution in [3.05, 3.63) is 29.3 Å². The summed E-state index contributed by atoms with van der Waals surface area (Å²) in [5.41, 5.74) is -0.947. The van der Waals surface area contributed by atoms with Crippen LogP contribution in [0.4, 0.5) is 13.2 Å². The first-order valence-corrected chi connectivity index (χ1v) is 2.56. The van der Waals surface area contributed by atoms with Crippen LogP contribution in [0.15, 0.2) is 6.20 Å². The molecule has 0 amide bonds. The molecule has 1 aromatic heterocycles. The second-order valence-electron chi connectivity index (χ2n) is 1.70. The smallest absolute Gasteiger partial charge is 0.223 e. The SMILES string of the molecule is N#Cc1c(F)cnc(F)c1F. The molecule has 0 N–H and O–H groups in total. The van der Waals surface area contributed by atoms with E-state index in [9.17, 15) is 13.2 Å². The summed E-state index contributed by atoms with van der Waals surface area (Å²) in [4.78, 5) is 2.72. The lowest BCUT2D eigenvalue weighted by Gasteiger charge is -1.93. The maximum absolute atomic E-state index is 12.4.